The molecule has 0 fully saturated rings. The van der Waals surface area contributed by atoms with Crippen molar-refractivity contribution in [2.24, 2.45) is 0 Å². The summed E-state index contributed by atoms with van der Waals surface area (Å²) in [5, 5.41) is 2.96. The molecule has 0 bridgehead atoms. The molecule has 37 heavy (non-hydrogen) atoms. The second-order valence-electron chi connectivity index (χ2n) is 8.64. The first-order chi connectivity index (χ1) is 18.1. The Labute approximate surface area is 216 Å². The lowest BCUT2D eigenvalue weighted by Gasteiger charge is -2.38. The minimum Gasteiger partial charge on any atom is -0.496 e. The number of nitrogens with one attached hydrogen (secondary N) is 1. The molecular formula is C28H32FN3O5. The SMILES string of the molecule is COc1ccc(CC2c3c(OC)ccc(OCF)c3CCN2CC(=O)NCc2ccccn2)cc1OC. The van der Waals surface area contributed by atoms with Gasteiger partial charge in [0.15, 0.2) is 11.5 Å². The monoisotopic (exact) mass is 509 g/mol. The molecule has 2 aromatic carbocycles. The number of benzene rings is 2. The van der Waals surface area contributed by atoms with Crippen LogP contribution >= 0.6 is 0 Å². The van der Waals surface area contributed by atoms with Crippen molar-refractivity contribution in [1.82, 2.24) is 15.2 Å². The lowest BCUT2D eigenvalue weighted by atomic mass is 9.87. The van der Waals surface area contributed by atoms with Crippen molar-refractivity contribution in [3.8, 4) is 23.0 Å². The fourth-order valence-electron chi connectivity index (χ4n) is 4.80. The molecule has 0 saturated heterocycles. The number of hydrogen-bond acceptors (Lipinski definition) is 7. The second kappa shape index (κ2) is 12.4. The highest BCUT2D eigenvalue weighted by atomic mass is 19.1. The van der Waals surface area contributed by atoms with Crippen LogP contribution in [0.2, 0.25) is 0 Å². The van der Waals surface area contributed by atoms with E-state index in [4.69, 9.17) is 18.9 Å². The first-order valence-corrected chi connectivity index (χ1v) is 12.1. The summed E-state index contributed by atoms with van der Waals surface area (Å²) >= 11 is 0. The van der Waals surface area contributed by atoms with Crippen LogP contribution in [-0.4, -0.2) is 57.1 Å². The Kier molecular flexibility index (Phi) is 8.79. The Bertz CT molecular complexity index is 1210. The van der Waals surface area contributed by atoms with Gasteiger partial charge >= 0.3 is 0 Å². The van der Waals surface area contributed by atoms with Crippen LogP contribution in [0, 0.1) is 0 Å². The summed E-state index contributed by atoms with van der Waals surface area (Å²) in [4.78, 5) is 19.4. The van der Waals surface area contributed by atoms with Crippen LogP contribution in [0.4, 0.5) is 4.39 Å². The zero-order valence-corrected chi connectivity index (χ0v) is 21.3. The number of fused-ring (bicyclic) bond motifs is 1. The fourth-order valence-corrected chi connectivity index (χ4v) is 4.80. The third kappa shape index (κ3) is 6.11. The summed E-state index contributed by atoms with van der Waals surface area (Å²) in [6.45, 7) is 0.209. The van der Waals surface area contributed by atoms with Crippen LogP contribution in [0.1, 0.15) is 28.4 Å². The van der Waals surface area contributed by atoms with Gasteiger partial charge in [-0.1, -0.05) is 12.1 Å². The molecule has 1 aliphatic heterocycles. The number of hydrogen-bond donors (Lipinski definition) is 1. The van der Waals surface area contributed by atoms with Gasteiger partial charge in [-0.3, -0.25) is 14.7 Å². The standard InChI is InChI=1S/C28H32FN3O5/c1-34-24-8-7-19(15-26(24)36-3)14-22-28-21(23(37-18-29)9-10-25(28)35-2)11-13-32(22)17-27(33)31-16-20-6-4-5-12-30-20/h4-10,12,15,22H,11,13-14,16-18H2,1-3H3,(H,31,33). The number of amides is 1. The van der Waals surface area contributed by atoms with Crippen LogP contribution in [0.15, 0.2) is 54.7 Å². The Morgan fingerprint density at radius 1 is 1.03 bits per heavy atom. The maximum atomic E-state index is 13.2. The number of aromatic nitrogens is 1. The van der Waals surface area contributed by atoms with Gasteiger partial charge in [-0.2, -0.15) is 0 Å². The number of carbonyl (C=O) groups is 1. The third-order valence-electron chi connectivity index (χ3n) is 6.54. The summed E-state index contributed by atoms with van der Waals surface area (Å²) in [7, 11) is 4.80. The van der Waals surface area contributed by atoms with Crippen molar-refractivity contribution in [2.75, 3.05) is 41.3 Å². The molecule has 1 unspecified atom stereocenters. The Morgan fingerprint density at radius 3 is 2.49 bits per heavy atom. The second-order valence-corrected chi connectivity index (χ2v) is 8.64. The van der Waals surface area contributed by atoms with Crippen molar-refractivity contribution in [3.63, 3.8) is 0 Å². The zero-order valence-electron chi connectivity index (χ0n) is 21.3. The molecule has 0 aliphatic carbocycles. The Morgan fingerprint density at radius 2 is 1.78 bits per heavy atom. The van der Waals surface area contributed by atoms with Gasteiger partial charge in [-0.25, -0.2) is 4.39 Å². The number of carbonyl (C=O) groups excluding carboxylic acids is 1. The van der Waals surface area contributed by atoms with Crippen LogP contribution in [0.25, 0.3) is 0 Å². The molecule has 1 N–H and O–H groups in total. The smallest absolute Gasteiger partial charge is 0.234 e. The van der Waals surface area contributed by atoms with E-state index in [9.17, 15) is 9.18 Å². The molecule has 1 amide bonds. The number of nitrogens with zero attached hydrogens (tertiary/aromatic N) is 2. The van der Waals surface area contributed by atoms with Gasteiger partial charge < -0.3 is 24.3 Å². The first-order valence-electron chi connectivity index (χ1n) is 12.1. The Hall–Kier alpha value is -3.85. The number of rotatable bonds is 11. The van der Waals surface area contributed by atoms with Gasteiger partial charge in [0.05, 0.1) is 40.1 Å². The molecule has 1 aromatic heterocycles. The molecule has 0 saturated carbocycles. The topological polar surface area (TPSA) is 82.2 Å². The largest absolute Gasteiger partial charge is 0.496 e. The number of alkyl halides is 1. The molecule has 196 valence electrons. The average molecular weight is 510 g/mol. The summed E-state index contributed by atoms with van der Waals surface area (Å²) < 4.78 is 35.1. The quantitative estimate of drug-likeness (QED) is 0.420. The van der Waals surface area contributed by atoms with E-state index in [0.717, 1.165) is 22.4 Å². The van der Waals surface area contributed by atoms with Crippen LogP contribution in [-0.2, 0) is 24.2 Å². The molecular weight excluding hydrogens is 477 g/mol. The van der Waals surface area contributed by atoms with E-state index in [2.05, 4.69) is 15.2 Å². The van der Waals surface area contributed by atoms with Crippen molar-refractivity contribution >= 4 is 5.91 Å². The van der Waals surface area contributed by atoms with E-state index >= 15 is 0 Å². The van der Waals surface area contributed by atoms with Crippen LogP contribution in [0.5, 0.6) is 23.0 Å². The molecule has 0 spiro atoms. The number of ether oxygens (including phenoxy) is 4. The highest BCUT2D eigenvalue weighted by Crippen LogP contribution is 2.43. The number of pyridine rings is 1. The average Bonchev–Trinajstić information content (AvgIpc) is 2.93. The van der Waals surface area contributed by atoms with Gasteiger partial charge in [0.25, 0.3) is 0 Å². The van der Waals surface area contributed by atoms with E-state index < -0.39 is 6.86 Å². The summed E-state index contributed by atoms with van der Waals surface area (Å²) in [6.07, 6.45) is 2.86. The fraction of sp³-hybridized carbons (Fsp3) is 0.357. The van der Waals surface area contributed by atoms with Crippen LogP contribution in [0.3, 0.4) is 0 Å². The van der Waals surface area contributed by atoms with E-state index in [-0.39, 0.29) is 18.5 Å². The first kappa shape index (κ1) is 26.2. The Balaban J connectivity index is 1.65. The molecule has 1 aliphatic rings. The number of methoxy groups -OCH3 is 3. The lowest BCUT2D eigenvalue weighted by Crippen LogP contribution is -2.43. The van der Waals surface area contributed by atoms with E-state index in [1.165, 1.54) is 0 Å². The normalized spacial score (nSPS) is 15.0. The van der Waals surface area contributed by atoms with Gasteiger partial charge in [-0.15, -0.1) is 0 Å². The summed E-state index contributed by atoms with van der Waals surface area (Å²) in [5.74, 6) is 2.32. The van der Waals surface area contributed by atoms with E-state index in [0.29, 0.717) is 48.9 Å². The van der Waals surface area contributed by atoms with Gasteiger partial charge in [0.2, 0.25) is 12.8 Å². The predicted molar refractivity (Wildman–Crippen MR) is 137 cm³/mol. The summed E-state index contributed by atoms with van der Waals surface area (Å²) in [6, 6.07) is 14.7. The third-order valence-corrected chi connectivity index (χ3v) is 6.54. The van der Waals surface area contributed by atoms with E-state index in [1.54, 1.807) is 39.7 Å². The maximum Gasteiger partial charge on any atom is 0.234 e. The number of halogens is 1. The van der Waals surface area contributed by atoms with Crippen molar-refractivity contribution < 1.29 is 28.1 Å². The molecule has 1 atom stereocenters. The highest BCUT2D eigenvalue weighted by Gasteiger charge is 2.33. The van der Waals surface area contributed by atoms with E-state index in [1.807, 2.05) is 36.4 Å². The predicted octanol–water partition coefficient (Wildman–Crippen LogP) is 3.87. The van der Waals surface area contributed by atoms with Crippen molar-refractivity contribution in [3.05, 3.63) is 77.1 Å². The highest BCUT2D eigenvalue weighted by molar-refractivity contribution is 5.78. The molecule has 4 rings (SSSR count). The zero-order chi connectivity index (χ0) is 26.2. The van der Waals surface area contributed by atoms with Crippen molar-refractivity contribution in [2.45, 2.75) is 25.4 Å². The summed E-state index contributed by atoms with van der Waals surface area (Å²) in [5.41, 5.74) is 3.57. The molecule has 2 heterocycles. The molecule has 3 aromatic rings. The van der Waals surface area contributed by atoms with Gasteiger partial charge in [0, 0.05) is 29.9 Å². The molecule has 0 radical (unpaired) electrons. The molecule has 9 heteroatoms. The minimum atomic E-state index is -0.918. The maximum absolute atomic E-state index is 13.2. The molecule has 8 nitrogen and oxygen atoms in total. The van der Waals surface area contributed by atoms with Crippen molar-refractivity contribution in [1.29, 1.82) is 0 Å². The van der Waals surface area contributed by atoms with Gasteiger partial charge in [0.1, 0.15) is 11.5 Å². The van der Waals surface area contributed by atoms with Crippen LogP contribution < -0.4 is 24.3 Å². The lowest BCUT2D eigenvalue weighted by molar-refractivity contribution is -0.123. The van der Waals surface area contributed by atoms with Gasteiger partial charge in [-0.05, 0) is 54.8 Å². The minimum absolute atomic E-state index is 0.110.